The Morgan fingerprint density at radius 2 is 1.65 bits per heavy atom. The molecule has 8 rings (SSSR count). The molecule has 1 heterocycles. The van der Waals surface area contributed by atoms with Gasteiger partial charge in [0.15, 0.2) is 5.43 Å². The van der Waals surface area contributed by atoms with Gasteiger partial charge in [-0.15, -0.1) is 0 Å². The van der Waals surface area contributed by atoms with Crippen molar-refractivity contribution in [3.8, 4) is 5.69 Å². The Morgan fingerprint density at radius 3 is 2.29 bits per heavy atom. The Bertz CT molecular complexity index is 2000. The highest BCUT2D eigenvalue weighted by Gasteiger charge is 2.56. The molecule has 4 aromatic rings. The Kier molecular flexibility index (Phi) is 8.40. The number of esters is 1. The van der Waals surface area contributed by atoms with Gasteiger partial charge in [-0.3, -0.25) is 14.4 Å². The number of nitrogens with one attached hydrogen (secondary N) is 2. The second-order valence-electron chi connectivity index (χ2n) is 14.6. The lowest BCUT2D eigenvalue weighted by Crippen LogP contribution is -2.68. The van der Waals surface area contributed by atoms with Crippen LogP contribution in [0.4, 0.5) is 0 Å². The van der Waals surface area contributed by atoms with Crippen molar-refractivity contribution in [2.75, 3.05) is 7.11 Å². The van der Waals surface area contributed by atoms with Gasteiger partial charge in [0.25, 0.3) is 11.8 Å². The molecule has 9 nitrogen and oxygen atoms in total. The van der Waals surface area contributed by atoms with Crippen LogP contribution >= 0.6 is 11.6 Å². The van der Waals surface area contributed by atoms with Crippen LogP contribution in [0.2, 0.25) is 5.02 Å². The minimum Gasteiger partial charge on any atom is -0.464 e. The number of carbonyl (C=O) groups excluding carboxylic acids is 3. The van der Waals surface area contributed by atoms with Gasteiger partial charge in [0, 0.05) is 45.2 Å². The molecule has 49 heavy (non-hydrogen) atoms. The van der Waals surface area contributed by atoms with Crippen LogP contribution in [-0.2, 0) is 16.0 Å². The van der Waals surface area contributed by atoms with Crippen molar-refractivity contribution in [2.24, 2.45) is 17.8 Å². The van der Waals surface area contributed by atoms with E-state index in [-0.39, 0.29) is 58.3 Å². The van der Waals surface area contributed by atoms with Crippen LogP contribution in [0.25, 0.3) is 16.6 Å². The van der Waals surface area contributed by atoms with Crippen molar-refractivity contribution in [1.82, 2.24) is 15.2 Å². The van der Waals surface area contributed by atoms with Gasteiger partial charge in [-0.2, -0.15) is 0 Å². The van der Waals surface area contributed by atoms with Crippen molar-refractivity contribution >= 4 is 40.3 Å². The molecule has 5 atom stereocenters. The van der Waals surface area contributed by atoms with Crippen LogP contribution in [-0.4, -0.2) is 51.7 Å². The summed E-state index contributed by atoms with van der Waals surface area (Å²) in [6.07, 6.45) is 4.66. The summed E-state index contributed by atoms with van der Waals surface area (Å²) in [5.41, 5.74) is 0.777. The summed E-state index contributed by atoms with van der Waals surface area (Å²) >= 11 is 6.35. The molecule has 4 aliphatic carbocycles. The van der Waals surface area contributed by atoms with Crippen LogP contribution in [0.3, 0.4) is 0 Å². The highest BCUT2D eigenvalue weighted by molar-refractivity contribution is 6.31. The van der Waals surface area contributed by atoms with Crippen molar-refractivity contribution in [2.45, 2.75) is 69.6 Å². The smallest absolute Gasteiger partial charge is 0.355 e. The lowest BCUT2D eigenvalue weighted by atomic mass is 9.51. The number of ether oxygens (including phenoxy) is 1. The minimum atomic E-state index is -1.44. The number of methoxy groups -OCH3 is 1. The number of rotatable bonds is 8. The fraction of sp³-hybridized carbons (Fsp3) is 0.385. The second kappa shape index (κ2) is 12.4. The third-order valence-corrected chi connectivity index (χ3v) is 11.0. The quantitative estimate of drug-likeness (QED) is 0.208. The monoisotopic (exact) mass is 681 g/mol. The Balaban J connectivity index is 1.14. The van der Waals surface area contributed by atoms with E-state index >= 15 is 0 Å². The van der Waals surface area contributed by atoms with Gasteiger partial charge in [-0.25, -0.2) is 4.79 Å². The number of benzene rings is 3. The van der Waals surface area contributed by atoms with E-state index in [1.807, 2.05) is 42.5 Å². The van der Waals surface area contributed by atoms with Crippen molar-refractivity contribution < 1.29 is 24.2 Å². The van der Waals surface area contributed by atoms with E-state index < -0.39 is 11.6 Å². The number of carbonyl (C=O) groups is 3. The highest BCUT2D eigenvalue weighted by atomic mass is 35.5. The summed E-state index contributed by atoms with van der Waals surface area (Å²) in [7, 11) is 1.29. The minimum absolute atomic E-state index is 0.0149. The summed E-state index contributed by atoms with van der Waals surface area (Å²) in [6, 6.07) is 21.4. The number of pyridine rings is 1. The first kappa shape index (κ1) is 33.0. The molecule has 2 amide bonds. The Morgan fingerprint density at radius 1 is 0.980 bits per heavy atom. The van der Waals surface area contributed by atoms with Gasteiger partial charge in [0.1, 0.15) is 11.3 Å². The predicted molar refractivity (Wildman–Crippen MR) is 187 cm³/mol. The normalized spacial score (nSPS) is 24.1. The van der Waals surface area contributed by atoms with E-state index in [1.165, 1.54) is 21.0 Å². The average molecular weight is 682 g/mol. The first-order valence-corrected chi connectivity index (χ1v) is 17.2. The van der Waals surface area contributed by atoms with Gasteiger partial charge in [0.2, 0.25) is 0 Å². The summed E-state index contributed by atoms with van der Waals surface area (Å²) in [6.45, 7) is 3.02. The molecule has 3 unspecified atom stereocenters. The lowest BCUT2D eigenvalue weighted by molar-refractivity contribution is -0.143. The fourth-order valence-electron chi connectivity index (χ4n) is 8.75. The molecule has 4 saturated carbocycles. The Labute approximate surface area is 289 Å². The zero-order valence-corrected chi connectivity index (χ0v) is 28.5. The van der Waals surface area contributed by atoms with Crippen molar-refractivity contribution in [3.63, 3.8) is 0 Å². The van der Waals surface area contributed by atoms with E-state index in [0.29, 0.717) is 33.1 Å². The number of amides is 2. The molecule has 0 aliphatic heterocycles. The molecule has 4 aliphatic rings. The molecule has 4 fully saturated rings. The van der Waals surface area contributed by atoms with Gasteiger partial charge in [-0.1, -0.05) is 41.9 Å². The topological polar surface area (TPSA) is 127 Å². The SMILES string of the molecule is COC(=O)c1c(Cc2ccc(C(=O)NC3[C@@H]4CC5C[C@H]3CC(NC(=O)C(C)(C)O)(C5)C4)cc2)c(=O)c2ccc(Cl)cc2n1-c1ccccc1. The number of aromatic nitrogens is 1. The fourth-order valence-corrected chi connectivity index (χ4v) is 8.91. The molecule has 3 N–H and O–H groups in total. The summed E-state index contributed by atoms with van der Waals surface area (Å²) < 4.78 is 6.92. The van der Waals surface area contributed by atoms with E-state index in [4.69, 9.17) is 16.3 Å². The van der Waals surface area contributed by atoms with Gasteiger partial charge in [-0.05, 0) is 112 Å². The van der Waals surface area contributed by atoms with Crippen LogP contribution in [0, 0.1) is 17.8 Å². The number of aliphatic hydroxyl groups is 1. The number of hydrogen-bond donors (Lipinski definition) is 3. The maximum absolute atomic E-state index is 14.0. The van der Waals surface area contributed by atoms with Gasteiger partial charge in [0.05, 0.1) is 12.6 Å². The molecule has 4 bridgehead atoms. The van der Waals surface area contributed by atoms with Crippen molar-refractivity contribution in [3.05, 3.63) is 110 Å². The molecular weight excluding hydrogens is 642 g/mol. The zero-order chi connectivity index (χ0) is 34.7. The van der Waals surface area contributed by atoms with Gasteiger partial charge >= 0.3 is 5.97 Å². The number of hydrogen-bond acceptors (Lipinski definition) is 6. The van der Waals surface area contributed by atoms with Crippen LogP contribution in [0.5, 0.6) is 0 Å². The molecule has 1 aromatic heterocycles. The van der Waals surface area contributed by atoms with Crippen LogP contribution < -0.4 is 16.1 Å². The van der Waals surface area contributed by atoms with Gasteiger partial charge < -0.3 is 25.0 Å². The zero-order valence-electron chi connectivity index (χ0n) is 27.8. The largest absolute Gasteiger partial charge is 0.464 e. The number of fused-ring (bicyclic) bond motifs is 1. The molecule has 3 aromatic carbocycles. The average Bonchev–Trinajstić information content (AvgIpc) is 3.06. The molecule has 0 saturated heterocycles. The molecule has 254 valence electrons. The van der Waals surface area contributed by atoms with E-state index in [0.717, 1.165) is 37.7 Å². The first-order valence-electron chi connectivity index (χ1n) is 16.8. The predicted octanol–water partition coefficient (Wildman–Crippen LogP) is 5.59. The number of para-hydroxylation sites is 1. The van der Waals surface area contributed by atoms with E-state index in [1.54, 1.807) is 34.9 Å². The van der Waals surface area contributed by atoms with Crippen LogP contribution in [0.15, 0.2) is 77.6 Å². The molecule has 0 spiro atoms. The standard InChI is InChI=1S/C39H40ClN3O6/c1-38(2,48)37(47)42-39-19-23-15-25(20-39)32(26(16-23)21-39)41-35(45)24-11-9-22(10-12-24)17-30-33(36(46)49-3)43(28-7-5-4-6-8-28)31-18-27(40)13-14-29(31)34(30)44/h4-14,18,23,25-26,32,48H,15-17,19-21H2,1-3H3,(H,41,45)(H,42,47)/t23?,25-,26+,32?,39?. The van der Waals surface area contributed by atoms with Crippen LogP contribution in [0.1, 0.15) is 77.9 Å². The third-order valence-electron chi connectivity index (χ3n) is 10.7. The summed E-state index contributed by atoms with van der Waals surface area (Å²) in [5, 5.41) is 17.6. The summed E-state index contributed by atoms with van der Waals surface area (Å²) in [4.78, 5) is 53.6. The third kappa shape index (κ3) is 6.15. The molecule has 0 radical (unpaired) electrons. The lowest BCUT2D eigenvalue weighted by Gasteiger charge is -2.60. The Hall–Kier alpha value is -4.47. The van der Waals surface area contributed by atoms with E-state index in [2.05, 4.69) is 10.6 Å². The molecular formula is C39H40ClN3O6. The molecule has 10 heteroatoms. The second-order valence-corrected chi connectivity index (χ2v) is 15.1. The highest BCUT2D eigenvalue weighted by Crippen LogP contribution is 2.56. The van der Waals surface area contributed by atoms with Crippen molar-refractivity contribution in [1.29, 1.82) is 0 Å². The number of nitrogens with zero attached hydrogens (tertiary/aromatic N) is 1. The maximum Gasteiger partial charge on any atom is 0.355 e. The maximum atomic E-state index is 14.0. The first-order chi connectivity index (χ1) is 23.4. The number of halogens is 1. The van der Waals surface area contributed by atoms with E-state index in [9.17, 15) is 24.3 Å². The summed E-state index contributed by atoms with van der Waals surface area (Å²) in [5.74, 6) is -0.152.